The van der Waals surface area contributed by atoms with Crippen molar-refractivity contribution in [3.63, 3.8) is 0 Å². The molecular formula is C16H24O4. The molecular weight excluding hydrogens is 256 g/mol. The Labute approximate surface area is 120 Å². The van der Waals surface area contributed by atoms with Crippen molar-refractivity contribution in [1.82, 2.24) is 0 Å². The average Bonchev–Trinajstić information content (AvgIpc) is 2.46. The van der Waals surface area contributed by atoms with Crippen molar-refractivity contribution in [2.45, 2.75) is 39.0 Å². The van der Waals surface area contributed by atoms with E-state index in [9.17, 15) is 4.79 Å². The highest BCUT2D eigenvalue weighted by atomic mass is 16.5. The number of aromatic carboxylic acids is 1. The molecule has 0 aliphatic rings. The first-order valence-electron chi connectivity index (χ1n) is 7.28. The van der Waals surface area contributed by atoms with Gasteiger partial charge in [-0.1, -0.05) is 32.6 Å². The molecule has 0 spiro atoms. The molecule has 0 aliphatic heterocycles. The molecule has 0 radical (unpaired) electrons. The van der Waals surface area contributed by atoms with Gasteiger partial charge in [0.15, 0.2) is 0 Å². The van der Waals surface area contributed by atoms with E-state index in [1.807, 2.05) is 0 Å². The lowest BCUT2D eigenvalue weighted by atomic mass is 10.2. The second-order valence-corrected chi connectivity index (χ2v) is 4.70. The van der Waals surface area contributed by atoms with E-state index >= 15 is 0 Å². The van der Waals surface area contributed by atoms with Crippen LogP contribution in [0.1, 0.15) is 49.4 Å². The lowest BCUT2D eigenvalue weighted by Crippen LogP contribution is -2.07. The maximum atomic E-state index is 10.7. The minimum Gasteiger partial charge on any atom is -0.491 e. The van der Waals surface area contributed by atoms with Gasteiger partial charge < -0.3 is 14.6 Å². The van der Waals surface area contributed by atoms with Crippen molar-refractivity contribution in [3.8, 4) is 5.75 Å². The third-order valence-electron chi connectivity index (χ3n) is 2.99. The van der Waals surface area contributed by atoms with Crippen LogP contribution in [-0.4, -0.2) is 30.9 Å². The molecule has 4 nitrogen and oxygen atoms in total. The number of benzene rings is 1. The standard InChI is InChI=1S/C16H24O4/c1-2-3-4-5-6-11-19-12-13-20-15-9-7-14(8-10-15)16(17)18/h7-10H,2-6,11-13H2,1H3,(H,17,18). The second kappa shape index (κ2) is 10.3. The largest absolute Gasteiger partial charge is 0.491 e. The zero-order chi connectivity index (χ0) is 14.6. The summed E-state index contributed by atoms with van der Waals surface area (Å²) >= 11 is 0. The number of carbonyl (C=O) groups is 1. The third kappa shape index (κ3) is 7.14. The Bertz CT molecular complexity index is 373. The van der Waals surface area contributed by atoms with Crippen LogP contribution in [0.2, 0.25) is 0 Å². The third-order valence-corrected chi connectivity index (χ3v) is 2.99. The van der Waals surface area contributed by atoms with Gasteiger partial charge in [0, 0.05) is 6.61 Å². The summed E-state index contributed by atoms with van der Waals surface area (Å²) in [5, 5.41) is 8.77. The summed E-state index contributed by atoms with van der Waals surface area (Å²) in [6, 6.07) is 6.39. The molecule has 0 heterocycles. The van der Waals surface area contributed by atoms with E-state index in [0.29, 0.717) is 19.0 Å². The van der Waals surface area contributed by atoms with Crippen LogP contribution in [0.5, 0.6) is 5.75 Å². The molecule has 0 aromatic heterocycles. The van der Waals surface area contributed by atoms with E-state index in [1.165, 1.54) is 37.8 Å². The minimum atomic E-state index is -0.928. The van der Waals surface area contributed by atoms with Crippen LogP contribution in [0.3, 0.4) is 0 Å². The Morgan fingerprint density at radius 1 is 1.00 bits per heavy atom. The van der Waals surface area contributed by atoms with Crippen molar-refractivity contribution in [2.75, 3.05) is 19.8 Å². The number of carboxylic acids is 1. The van der Waals surface area contributed by atoms with Crippen LogP contribution in [-0.2, 0) is 4.74 Å². The van der Waals surface area contributed by atoms with Gasteiger partial charge in [-0.15, -0.1) is 0 Å². The summed E-state index contributed by atoms with van der Waals surface area (Å²) in [5.74, 6) is -0.260. The Hall–Kier alpha value is -1.55. The van der Waals surface area contributed by atoms with Gasteiger partial charge in [-0.25, -0.2) is 4.79 Å². The van der Waals surface area contributed by atoms with E-state index in [0.717, 1.165) is 13.0 Å². The lowest BCUT2D eigenvalue weighted by molar-refractivity contribution is 0.0696. The summed E-state index contributed by atoms with van der Waals surface area (Å²) in [7, 11) is 0. The zero-order valence-electron chi connectivity index (χ0n) is 12.1. The van der Waals surface area contributed by atoms with Gasteiger partial charge in [0.25, 0.3) is 0 Å². The number of rotatable bonds is 11. The van der Waals surface area contributed by atoms with Gasteiger partial charge in [-0.2, -0.15) is 0 Å². The molecule has 1 rings (SSSR count). The number of ether oxygens (including phenoxy) is 2. The molecule has 0 atom stereocenters. The molecule has 112 valence electrons. The molecule has 0 unspecified atom stereocenters. The summed E-state index contributed by atoms with van der Waals surface area (Å²) < 4.78 is 10.9. The van der Waals surface area contributed by atoms with Crippen LogP contribution in [0.4, 0.5) is 0 Å². The van der Waals surface area contributed by atoms with E-state index in [4.69, 9.17) is 14.6 Å². The molecule has 0 saturated carbocycles. The number of hydrogen-bond acceptors (Lipinski definition) is 3. The summed E-state index contributed by atoms with van der Waals surface area (Å²) in [6.07, 6.45) is 6.18. The van der Waals surface area contributed by atoms with Crippen LogP contribution < -0.4 is 4.74 Å². The number of unbranched alkanes of at least 4 members (excludes halogenated alkanes) is 4. The molecule has 1 aromatic carbocycles. The molecule has 0 amide bonds. The topological polar surface area (TPSA) is 55.8 Å². The monoisotopic (exact) mass is 280 g/mol. The van der Waals surface area contributed by atoms with E-state index in [1.54, 1.807) is 12.1 Å². The maximum absolute atomic E-state index is 10.7. The zero-order valence-corrected chi connectivity index (χ0v) is 12.1. The predicted molar refractivity (Wildman–Crippen MR) is 78.5 cm³/mol. The minimum absolute atomic E-state index is 0.265. The molecule has 0 fully saturated rings. The molecule has 0 saturated heterocycles. The Kier molecular flexibility index (Phi) is 8.47. The number of hydrogen-bond donors (Lipinski definition) is 1. The highest BCUT2D eigenvalue weighted by Gasteiger charge is 2.01. The van der Waals surface area contributed by atoms with Crippen LogP contribution in [0.15, 0.2) is 24.3 Å². The van der Waals surface area contributed by atoms with Gasteiger partial charge in [-0.3, -0.25) is 0 Å². The molecule has 4 heteroatoms. The van der Waals surface area contributed by atoms with Gasteiger partial charge in [0.05, 0.1) is 12.2 Å². The van der Waals surface area contributed by atoms with Crippen molar-refractivity contribution < 1.29 is 19.4 Å². The van der Waals surface area contributed by atoms with Crippen LogP contribution in [0.25, 0.3) is 0 Å². The Balaban J connectivity index is 2.02. The summed E-state index contributed by atoms with van der Waals surface area (Å²) in [4.78, 5) is 10.7. The van der Waals surface area contributed by atoms with Gasteiger partial charge in [0.2, 0.25) is 0 Å². The first-order valence-corrected chi connectivity index (χ1v) is 7.28. The maximum Gasteiger partial charge on any atom is 0.335 e. The summed E-state index contributed by atoms with van der Waals surface area (Å²) in [5.41, 5.74) is 0.265. The fraction of sp³-hybridized carbons (Fsp3) is 0.562. The predicted octanol–water partition coefficient (Wildman–Crippen LogP) is 3.75. The number of carboxylic acid groups (broad SMARTS) is 1. The highest BCUT2D eigenvalue weighted by Crippen LogP contribution is 2.12. The first kappa shape index (κ1) is 16.5. The van der Waals surface area contributed by atoms with Gasteiger partial charge >= 0.3 is 5.97 Å². The normalized spacial score (nSPS) is 10.4. The van der Waals surface area contributed by atoms with E-state index in [-0.39, 0.29) is 5.56 Å². The Morgan fingerprint density at radius 3 is 2.35 bits per heavy atom. The van der Waals surface area contributed by atoms with Crippen molar-refractivity contribution in [1.29, 1.82) is 0 Å². The van der Waals surface area contributed by atoms with Crippen LogP contribution >= 0.6 is 0 Å². The van der Waals surface area contributed by atoms with Gasteiger partial charge in [-0.05, 0) is 30.7 Å². The second-order valence-electron chi connectivity index (χ2n) is 4.70. The molecule has 0 aliphatic carbocycles. The molecule has 0 bridgehead atoms. The van der Waals surface area contributed by atoms with Crippen molar-refractivity contribution in [3.05, 3.63) is 29.8 Å². The van der Waals surface area contributed by atoms with E-state index in [2.05, 4.69) is 6.92 Å². The van der Waals surface area contributed by atoms with Crippen molar-refractivity contribution in [2.24, 2.45) is 0 Å². The van der Waals surface area contributed by atoms with Crippen molar-refractivity contribution >= 4 is 5.97 Å². The highest BCUT2D eigenvalue weighted by molar-refractivity contribution is 5.87. The lowest BCUT2D eigenvalue weighted by Gasteiger charge is -2.07. The first-order chi connectivity index (χ1) is 9.74. The van der Waals surface area contributed by atoms with E-state index < -0.39 is 5.97 Å². The quantitative estimate of drug-likeness (QED) is 0.627. The smallest absolute Gasteiger partial charge is 0.335 e. The average molecular weight is 280 g/mol. The fourth-order valence-electron chi connectivity index (χ4n) is 1.82. The molecule has 1 N–H and O–H groups in total. The fourth-order valence-corrected chi connectivity index (χ4v) is 1.82. The Morgan fingerprint density at radius 2 is 1.70 bits per heavy atom. The van der Waals surface area contributed by atoms with Crippen LogP contribution in [0, 0.1) is 0 Å². The molecule has 1 aromatic rings. The SMILES string of the molecule is CCCCCCCOCCOc1ccc(C(=O)O)cc1. The van der Waals surface area contributed by atoms with Gasteiger partial charge in [0.1, 0.15) is 12.4 Å². The summed E-state index contributed by atoms with van der Waals surface area (Å²) in [6.45, 7) is 4.04. The molecule has 20 heavy (non-hydrogen) atoms.